The van der Waals surface area contributed by atoms with E-state index in [1.165, 1.54) is 0 Å². The average Bonchev–Trinajstić information content (AvgIpc) is 3.32. The fraction of sp³-hybridized carbons (Fsp3) is 0.455. The largest absolute Gasteiger partial charge is 0.480 e. The van der Waals surface area contributed by atoms with Crippen molar-refractivity contribution in [2.45, 2.75) is 56.7 Å². The number of primary amides is 1. The summed E-state index contributed by atoms with van der Waals surface area (Å²) in [5, 5.41) is 28.4. The highest BCUT2D eigenvalue weighted by molar-refractivity contribution is 5.82. The summed E-state index contributed by atoms with van der Waals surface area (Å²) in [7, 11) is 0. The molecule has 1 aromatic carbocycles. The number of nitrogens with zero attached hydrogens (tertiary/aromatic N) is 2. The summed E-state index contributed by atoms with van der Waals surface area (Å²) < 4.78 is 5.29. The summed E-state index contributed by atoms with van der Waals surface area (Å²) in [6.07, 6.45) is 1.70. The number of nitrogens with two attached hydrogens (primary N) is 3. The van der Waals surface area contributed by atoms with Gasteiger partial charge in [-0.05, 0) is 37.7 Å². The van der Waals surface area contributed by atoms with E-state index >= 15 is 0 Å². The van der Waals surface area contributed by atoms with Gasteiger partial charge in [0.15, 0.2) is 11.8 Å². The van der Waals surface area contributed by atoms with Crippen molar-refractivity contribution in [1.82, 2.24) is 26.1 Å². The molecule has 11 N–H and O–H groups in total. The number of amides is 3. The molecule has 0 aliphatic heterocycles. The molecule has 0 spiro atoms. The molecular formula is C22H33N9O5. The molecular weight excluding hydrogens is 470 g/mol. The lowest BCUT2D eigenvalue weighted by molar-refractivity contribution is -0.139. The van der Waals surface area contributed by atoms with Gasteiger partial charge in [0.25, 0.3) is 0 Å². The lowest BCUT2D eigenvalue weighted by Gasteiger charge is -2.19. The van der Waals surface area contributed by atoms with Gasteiger partial charge in [-0.2, -0.15) is 4.98 Å². The van der Waals surface area contributed by atoms with Crippen LogP contribution in [0.15, 0.2) is 34.9 Å². The Morgan fingerprint density at radius 2 is 1.81 bits per heavy atom. The van der Waals surface area contributed by atoms with Crippen molar-refractivity contribution in [3.05, 3.63) is 47.6 Å². The van der Waals surface area contributed by atoms with E-state index in [1.807, 2.05) is 30.3 Å². The highest BCUT2D eigenvalue weighted by atomic mass is 16.5. The lowest BCUT2D eigenvalue weighted by atomic mass is 10.1. The maximum atomic E-state index is 12.7. The van der Waals surface area contributed by atoms with E-state index in [-0.39, 0.29) is 36.9 Å². The van der Waals surface area contributed by atoms with Crippen LogP contribution < -0.4 is 33.2 Å². The van der Waals surface area contributed by atoms with Crippen LogP contribution in [-0.2, 0) is 16.0 Å². The van der Waals surface area contributed by atoms with Crippen LogP contribution in [-0.4, -0.2) is 51.7 Å². The first kappa shape index (κ1) is 28.0. The molecule has 0 aliphatic carbocycles. The summed E-state index contributed by atoms with van der Waals surface area (Å²) in [5.74, 6) is -1.66. The number of guanidine groups is 1. The van der Waals surface area contributed by atoms with Crippen LogP contribution in [0.1, 0.15) is 61.5 Å². The zero-order chi connectivity index (χ0) is 26.5. The Kier molecular flexibility index (Phi) is 11.1. The van der Waals surface area contributed by atoms with E-state index in [4.69, 9.17) is 27.1 Å². The van der Waals surface area contributed by atoms with Crippen LogP contribution in [0.3, 0.4) is 0 Å². The number of hydrogen-bond acceptors (Lipinski definition) is 8. The zero-order valence-electron chi connectivity index (χ0n) is 19.8. The number of aryl methyl sites for hydroxylation is 1. The van der Waals surface area contributed by atoms with Crippen molar-refractivity contribution in [1.29, 1.82) is 5.41 Å². The summed E-state index contributed by atoms with van der Waals surface area (Å²) >= 11 is 0. The van der Waals surface area contributed by atoms with Gasteiger partial charge in [0.2, 0.25) is 11.8 Å². The van der Waals surface area contributed by atoms with Crippen LogP contribution in [0.25, 0.3) is 0 Å². The molecule has 0 radical (unpaired) electrons. The predicted molar refractivity (Wildman–Crippen MR) is 129 cm³/mol. The van der Waals surface area contributed by atoms with Crippen LogP contribution in [0, 0.1) is 5.41 Å². The van der Waals surface area contributed by atoms with Crippen LogP contribution in [0.4, 0.5) is 4.79 Å². The molecule has 196 valence electrons. The van der Waals surface area contributed by atoms with Gasteiger partial charge in [0.1, 0.15) is 12.1 Å². The third-order valence-corrected chi connectivity index (χ3v) is 5.25. The van der Waals surface area contributed by atoms with Gasteiger partial charge in [-0.25, -0.2) is 9.59 Å². The Hall–Kier alpha value is -4.20. The number of benzene rings is 1. The molecule has 36 heavy (non-hydrogen) atoms. The topological polar surface area (TPSA) is 248 Å². The summed E-state index contributed by atoms with van der Waals surface area (Å²) in [6.45, 7) is 0.350. The van der Waals surface area contributed by atoms with Crippen molar-refractivity contribution in [2.75, 3.05) is 6.54 Å². The van der Waals surface area contributed by atoms with Crippen LogP contribution in [0.2, 0.25) is 0 Å². The lowest BCUT2D eigenvalue weighted by Crippen LogP contribution is -2.47. The standard InChI is InChI=1S/C22H33N9O5/c23-14(9-11-17(24)32)18-30-19(36-31-18)15(7-4-12-27-21(25)26)28-22(35)29-16(20(33)34)10-8-13-5-2-1-3-6-13/h1-3,5-6,14-16H,4,7-12,23H2,(H2,24,32)(H,33,34)(H4,25,26,27)(H2,28,29,35)/t14-,15-,16-/m0/s1. The van der Waals surface area contributed by atoms with Crippen LogP contribution >= 0.6 is 0 Å². The van der Waals surface area contributed by atoms with E-state index < -0.39 is 36.0 Å². The normalized spacial score (nSPS) is 13.2. The number of rotatable bonds is 15. The average molecular weight is 504 g/mol. The highest BCUT2D eigenvalue weighted by Crippen LogP contribution is 2.20. The van der Waals surface area contributed by atoms with E-state index in [9.17, 15) is 19.5 Å². The second kappa shape index (κ2) is 14.3. The summed E-state index contributed by atoms with van der Waals surface area (Å²) in [5.41, 5.74) is 17.4. The summed E-state index contributed by atoms with van der Waals surface area (Å²) in [6, 6.07) is 6.03. The quantitative estimate of drug-likeness (QED) is 0.0919. The monoisotopic (exact) mass is 503 g/mol. The third-order valence-electron chi connectivity index (χ3n) is 5.25. The number of urea groups is 1. The molecule has 0 unspecified atom stereocenters. The number of nitrogens with one attached hydrogen (secondary N) is 4. The Balaban J connectivity index is 2.04. The van der Waals surface area contributed by atoms with Crippen molar-refractivity contribution >= 4 is 23.9 Å². The van der Waals surface area contributed by atoms with E-state index in [0.717, 1.165) is 5.56 Å². The molecule has 0 fully saturated rings. The number of aromatic nitrogens is 2. The Labute approximate surface area is 207 Å². The smallest absolute Gasteiger partial charge is 0.326 e. The second-order valence-electron chi connectivity index (χ2n) is 8.17. The minimum absolute atomic E-state index is 0.0470. The van der Waals surface area contributed by atoms with Gasteiger partial charge in [-0.15, -0.1) is 0 Å². The van der Waals surface area contributed by atoms with Crippen molar-refractivity contribution in [2.24, 2.45) is 17.2 Å². The molecule has 0 saturated carbocycles. The molecule has 0 aliphatic rings. The number of carbonyl (C=O) groups is 3. The summed E-state index contributed by atoms with van der Waals surface area (Å²) in [4.78, 5) is 39.6. The fourth-order valence-corrected chi connectivity index (χ4v) is 3.32. The Morgan fingerprint density at radius 1 is 1.08 bits per heavy atom. The van der Waals surface area contributed by atoms with Gasteiger partial charge in [-0.3, -0.25) is 10.2 Å². The maximum Gasteiger partial charge on any atom is 0.326 e. The molecule has 3 amide bonds. The predicted octanol–water partition coefficient (Wildman–Crippen LogP) is 0.0245. The van der Waals surface area contributed by atoms with E-state index in [1.54, 1.807) is 0 Å². The maximum absolute atomic E-state index is 12.7. The molecule has 2 rings (SSSR count). The van der Waals surface area contributed by atoms with Gasteiger partial charge < -0.3 is 42.8 Å². The first-order valence-electron chi connectivity index (χ1n) is 11.4. The number of hydrogen-bond donors (Lipinski definition) is 8. The van der Waals surface area contributed by atoms with Gasteiger partial charge in [0, 0.05) is 13.0 Å². The van der Waals surface area contributed by atoms with Gasteiger partial charge in [-0.1, -0.05) is 35.5 Å². The number of carbonyl (C=O) groups excluding carboxylic acids is 2. The number of aliphatic carboxylic acids is 1. The first-order valence-corrected chi connectivity index (χ1v) is 11.4. The molecule has 2 aromatic rings. The first-order chi connectivity index (χ1) is 17.2. The SMILES string of the molecule is N=C(N)NCCC[C@H](NC(=O)N[C@@H](CCc1ccccc1)C(=O)O)c1nc([C@@H](N)CCC(N)=O)no1. The van der Waals surface area contributed by atoms with Gasteiger partial charge >= 0.3 is 12.0 Å². The molecule has 0 saturated heterocycles. The highest BCUT2D eigenvalue weighted by Gasteiger charge is 2.26. The number of carboxylic acid groups (broad SMARTS) is 1. The van der Waals surface area contributed by atoms with Gasteiger partial charge in [0.05, 0.1) is 6.04 Å². The number of carboxylic acids is 1. The Bertz CT molecular complexity index is 1010. The molecule has 14 heteroatoms. The minimum atomic E-state index is -1.16. The Morgan fingerprint density at radius 3 is 2.44 bits per heavy atom. The molecule has 14 nitrogen and oxygen atoms in total. The fourth-order valence-electron chi connectivity index (χ4n) is 3.32. The minimum Gasteiger partial charge on any atom is -0.480 e. The molecule has 1 aromatic heterocycles. The van der Waals surface area contributed by atoms with E-state index in [0.29, 0.717) is 25.8 Å². The molecule has 3 atom stereocenters. The molecule has 1 heterocycles. The van der Waals surface area contributed by atoms with Crippen molar-refractivity contribution in [3.63, 3.8) is 0 Å². The zero-order valence-corrected chi connectivity index (χ0v) is 19.8. The van der Waals surface area contributed by atoms with Crippen LogP contribution in [0.5, 0.6) is 0 Å². The van der Waals surface area contributed by atoms with Crippen molar-refractivity contribution < 1.29 is 24.0 Å². The second-order valence-corrected chi connectivity index (χ2v) is 8.17. The van der Waals surface area contributed by atoms with Crippen molar-refractivity contribution in [3.8, 4) is 0 Å². The molecule has 0 bridgehead atoms. The van der Waals surface area contributed by atoms with E-state index in [2.05, 4.69) is 26.1 Å². The third kappa shape index (κ3) is 9.97.